The number of rotatable bonds is 4. The van der Waals surface area contributed by atoms with E-state index in [4.69, 9.17) is 0 Å². The quantitative estimate of drug-likeness (QED) is 0.683. The van der Waals surface area contributed by atoms with Gasteiger partial charge in [-0.2, -0.15) is 13.2 Å². The summed E-state index contributed by atoms with van der Waals surface area (Å²) in [4.78, 5) is 15.6. The van der Waals surface area contributed by atoms with Crippen LogP contribution in [0.2, 0.25) is 0 Å². The fraction of sp³-hybridized carbons (Fsp3) is 0.500. The first-order chi connectivity index (χ1) is 10.4. The van der Waals surface area contributed by atoms with Crippen LogP contribution in [0.1, 0.15) is 18.4 Å². The second-order valence-corrected chi connectivity index (χ2v) is 5.02. The molecule has 0 aliphatic carbocycles. The van der Waals surface area contributed by atoms with E-state index in [-0.39, 0.29) is 18.2 Å². The number of hydroxylamine groups is 2. The molecule has 0 spiro atoms. The number of alkyl halides is 3. The van der Waals surface area contributed by atoms with Crippen LogP contribution in [-0.2, 0) is 16.2 Å². The summed E-state index contributed by atoms with van der Waals surface area (Å²) in [6.07, 6.45) is -4.06. The van der Waals surface area contributed by atoms with Gasteiger partial charge in [0, 0.05) is 11.6 Å². The molecule has 1 aromatic rings. The molecule has 8 heteroatoms. The molecule has 0 bridgehead atoms. The minimum absolute atomic E-state index is 0.177. The predicted molar refractivity (Wildman–Crippen MR) is 70.0 cm³/mol. The Bertz CT molecular complexity index is 516. The molecular formula is C14H16F4N2O2. The van der Waals surface area contributed by atoms with E-state index in [9.17, 15) is 22.4 Å². The maximum atomic E-state index is 13.7. The summed E-state index contributed by atoms with van der Waals surface area (Å²) in [5.41, 5.74) is 0.177. The normalized spacial score (nSPS) is 16.8. The number of halogens is 4. The van der Waals surface area contributed by atoms with E-state index < -0.39 is 18.0 Å². The summed E-state index contributed by atoms with van der Waals surface area (Å²) < 4.78 is 50.9. The first-order valence-corrected chi connectivity index (χ1v) is 6.88. The summed E-state index contributed by atoms with van der Waals surface area (Å²) in [7, 11) is 0. The SMILES string of the molecule is O=C(ON(Cc1ccccc1F)C1CCNCC1)C(F)(F)F. The van der Waals surface area contributed by atoms with Crippen LogP contribution in [-0.4, -0.2) is 36.3 Å². The molecule has 4 nitrogen and oxygen atoms in total. The van der Waals surface area contributed by atoms with E-state index in [1.54, 1.807) is 6.07 Å². The molecule has 0 atom stereocenters. The summed E-state index contributed by atoms with van der Waals surface area (Å²) >= 11 is 0. The van der Waals surface area contributed by atoms with Gasteiger partial charge >= 0.3 is 12.1 Å². The number of nitrogens with one attached hydrogen (secondary N) is 1. The highest BCUT2D eigenvalue weighted by Gasteiger charge is 2.43. The fourth-order valence-electron chi connectivity index (χ4n) is 2.28. The van der Waals surface area contributed by atoms with Gasteiger partial charge in [0.2, 0.25) is 0 Å². The second kappa shape index (κ2) is 7.06. The van der Waals surface area contributed by atoms with Crippen molar-refractivity contribution in [3.63, 3.8) is 0 Å². The maximum absolute atomic E-state index is 13.7. The number of carbonyl (C=O) groups is 1. The Morgan fingerprint density at radius 3 is 2.50 bits per heavy atom. The van der Waals surface area contributed by atoms with Gasteiger partial charge < -0.3 is 10.2 Å². The average Bonchev–Trinajstić information content (AvgIpc) is 2.48. The van der Waals surface area contributed by atoms with Gasteiger partial charge in [-0.25, -0.2) is 9.18 Å². The van der Waals surface area contributed by atoms with Gasteiger partial charge in [-0.3, -0.25) is 0 Å². The van der Waals surface area contributed by atoms with Crippen molar-refractivity contribution in [2.45, 2.75) is 31.6 Å². The minimum atomic E-state index is -5.08. The molecule has 0 radical (unpaired) electrons. The maximum Gasteiger partial charge on any atom is 0.492 e. The van der Waals surface area contributed by atoms with Crippen LogP contribution in [0.3, 0.4) is 0 Å². The van der Waals surface area contributed by atoms with Crippen LogP contribution in [0.4, 0.5) is 17.6 Å². The number of piperidine rings is 1. The standard InChI is InChI=1S/C14H16F4N2O2/c15-12-4-2-1-3-10(12)9-20(11-5-7-19-8-6-11)22-13(21)14(16,17)18/h1-4,11,19H,5-9H2. The molecule has 1 aliphatic heterocycles. The van der Waals surface area contributed by atoms with Crippen LogP contribution in [0.25, 0.3) is 0 Å². The zero-order valence-corrected chi connectivity index (χ0v) is 11.7. The third-order valence-electron chi connectivity index (χ3n) is 3.43. The summed E-state index contributed by atoms with van der Waals surface area (Å²) in [6, 6.07) is 5.33. The molecule has 2 rings (SSSR count). The third-order valence-corrected chi connectivity index (χ3v) is 3.43. The first-order valence-electron chi connectivity index (χ1n) is 6.88. The number of nitrogens with zero attached hydrogens (tertiary/aromatic N) is 1. The van der Waals surface area contributed by atoms with Crippen molar-refractivity contribution >= 4 is 5.97 Å². The van der Waals surface area contributed by atoms with E-state index in [0.29, 0.717) is 25.9 Å². The lowest BCUT2D eigenvalue weighted by molar-refractivity contribution is -0.250. The molecule has 1 aliphatic rings. The lowest BCUT2D eigenvalue weighted by Crippen LogP contribution is -2.45. The zero-order chi connectivity index (χ0) is 16.2. The first kappa shape index (κ1) is 16.7. The van der Waals surface area contributed by atoms with Crippen LogP contribution >= 0.6 is 0 Å². The lowest BCUT2D eigenvalue weighted by atomic mass is 10.1. The monoisotopic (exact) mass is 320 g/mol. The highest BCUT2D eigenvalue weighted by Crippen LogP contribution is 2.22. The molecule has 1 N–H and O–H groups in total. The highest BCUT2D eigenvalue weighted by atomic mass is 19.4. The van der Waals surface area contributed by atoms with Gasteiger partial charge in [0.1, 0.15) is 5.82 Å². The smallest absolute Gasteiger partial charge is 0.360 e. The molecule has 0 aromatic heterocycles. The van der Waals surface area contributed by atoms with Crippen molar-refractivity contribution in [3.05, 3.63) is 35.6 Å². The van der Waals surface area contributed by atoms with Gasteiger partial charge in [0.15, 0.2) is 0 Å². The van der Waals surface area contributed by atoms with Gasteiger partial charge in [-0.05, 0) is 32.0 Å². The molecule has 0 unspecified atom stereocenters. The molecule has 22 heavy (non-hydrogen) atoms. The number of benzene rings is 1. The predicted octanol–water partition coefficient (Wildman–Crippen LogP) is 2.40. The van der Waals surface area contributed by atoms with Gasteiger partial charge in [0.05, 0.1) is 6.54 Å². The number of carbonyl (C=O) groups excluding carboxylic acids is 1. The lowest BCUT2D eigenvalue weighted by Gasteiger charge is -2.33. The fourth-order valence-corrected chi connectivity index (χ4v) is 2.28. The van der Waals surface area contributed by atoms with Gasteiger partial charge in [-0.1, -0.05) is 18.2 Å². The molecular weight excluding hydrogens is 304 g/mol. The van der Waals surface area contributed by atoms with E-state index >= 15 is 0 Å². The highest BCUT2D eigenvalue weighted by molar-refractivity contribution is 5.75. The molecule has 122 valence electrons. The van der Waals surface area contributed by atoms with Crippen molar-refractivity contribution in [2.24, 2.45) is 0 Å². The van der Waals surface area contributed by atoms with E-state index in [0.717, 1.165) is 5.06 Å². The number of hydrogen-bond acceptors (Lipinski definition) is 4. The zero-order valence-electron chi connectivity index (χ0n) is 11.7. The summed E-state index contributed by atoms with van der Waals surface area (Å²) in [6.45, 7) is 0.975. The second-order valence-electron chi connectivity index (χ2n) is 5.02. The van der Waals surface area contributed by atoms with Crippen LogP contribution in [0, 0.1) is 5.82 Å². The Morgan fingerprint density at radius 2 is 1.91 bits per heavy atom. The Hall–Kier alpha value is -1.67. The number of hydrogen-bond donors (Lipinski definition) is 1. The largest absolute Gasteiger partial charge is 0.492 e. The van der Waals surface area contributed by atoms with Crippen LogP contribution < -0.4 is 5.32 Å². The Balaban J connectivity index is 2.14. The van der Waals surface area contributed by atoms with Crippen LogP contribution in [0.5, 0.6) is 0 Å². The molecule has 1 fully saturated rings. The summed E-state index contributed by atoms with van der Waals surface area (Å²) in [5.74, 6) is -2.84. The van der Waals surface area contributed by atoms with Gasteiger partial charge in [0.25, 0.3) is 0 Å². The molecule has 1 saturated heterocycles. The Labute approximate surface area is 125 Å². The Morgan fingerprint density at radius 1 is 1.27 bits per heavy atom. The van der Waals surface area contributed by atoms with Crippen LogP contribution in [0.15, 0.2) is 24.3 Å². The molecule has 1 aromatic carbocycles. The van der Waals surface area contributed by atoms with Gasteiger partial charge in [-0.15, -0.1) is 5.06 Å². The third kappa shape index (κ3) is 4.41. The summed E-state index contributed by atoms with van der Waals surface area (Å²) in [5, 5.41) is 4.00. The van der Waals surface area contributed by atoms with E-state index in [1.807, 2.05) is 0 Å². The Kier molecular flexibility index (Phi) is 5.36. The minimum Gasteiger partial charge on any atom is -0.360 e. The average molecular weight is 320 g/mol. The van der Waals surface area contributed by atoms with Crippen molar-refractivity contribution < 1.29 is 27.2 Å². The van der Waals surface area contributed by atoms with E-state index in [2.05, 4.69) is 10.2 Å². The molecule has 1 heterocycles. The van der Waals surface area contributed by atoms with Crippen molar-refractivity contribution in [1.82, 2.24) is 10.4 Å². The van der Waals surface area contributed by atoms with Crippen molar-refractivity contribution in [1.29, 1.82) is 0 Å². The van der Waals surface area contributed by atoms with Crippen molar-refractivity contribution in [2.75, 3.05) is 13.1 Å². The molecule has 0 amide bonds. The van der Waals surface area contributed by atoms with Crippen molar-refractivity contribution in [3.8, 4) is 0 Å². The molecule has 0 saturated carbocycles. The topological polar surface area (TPSA) is 41.6 Å². The van der Waals surface area contributed by atoms with E-state index in [1.165, 1.54) is 18.2 Å².